The van der Waals surface area contributed by atoms with Gasteiger partial charge in [-0.15, -0.1) is 0 Å². The van der Waals surface area contributed by atoms with Crippen LogP contribution in [0.3, 0.4) is 0 Å². The number of amides is 1. The number of benzene rings is 2. The highest BCUT2D eigenvalue weighted by Gasteiger charge is 2.09. The molecule has 0 spiro atoms. The van der Waals surface area contributed by atoms with Crippen LogP contribution in [0.25, 0.3) is 0 Å². The Morgan fingerprint density at radius 3 is 2.43 bits per heavy atom. The Labute approximate surface area is 137 Å². The van der Waals surface area contributed by atoms with Crippen LogP contribution in [0.1, 0.15) is 25.0 Å². The minimum absolute atomic E-state index is 0.0347. The van der Waals surface area contributed by atoms with Gasteiger partial charge in [0.05, 0.1) is 6.61 Å². The maximum Gasteiger partial charge on any atom is 0.262 e. The number of carbonyl (C=O) groups excluding carboxylic acids is 1. The summed E-state index contributed by atoms with van der Waals surface area (Å²) in [6.07, 6.45) is 0.870. The van der Waals surface area contributed by atoms with Crippen LogP contribution in [0.15, 0.2) is 42.5 Å². The maximum atomic E-state index is 12.1. The molecule has 1 N–H and O–H groups in total. The average molecular weight is 313 g/mol. The molecule has 0 bridgehead atoms. The Hall–Kier alpha value is -2.49. The molecular formula is C19H23NO3. The third-order valence-electron chi connectivity index (χ3n) is 3.49. The third kappa shape index (κ3) is 4.74. The quantitative estimate of drug-likeness (QED) is 0.841. The SMILES string of the molecule is CCOc1cccc(OCC(=O)Nc2c(C)cccc2CC)c1. The fourth-order valence-electron chi connectivity index (χ4n) is 2.35. The van der Waals surface area contributed by atoms with Crippen LogP contribution in [-0.2, 0) is 11.2 Å². The fourth-order valence-corrected chi connectivity index (χ4v) is 2.35. The van der Waals surface area contributed by atoms with Crippen LogP contribution >= 0.6 is 0 Å². The van der Waals surface area contributed by atoms with E-state index in [1.54, 1.807) is 12.1 Å². The summed E-state index contributed by atoms with van der Waals surface area (Å²) in [6.45, 7) is 6.54. The molecular weight excluding hydrogens is 290 g/mol. The zero-order valence-electron chi connectivity index (χ0n) is 13.9. The van der Waals surface area contributed by atoms with Gasteiger partial charge in [-0.2, -0.15) is 0 Å². The first-order valence-corrected chi connectivity index (χ1v) is 7.88. The zero-order valence-corrected chi connectivity index (χ0v) is 13.9. The van der Waals surface area contributed by atoms with Crippen molar-refractivity contribution >= 4 is 11.6 Å². The molecule has 0 fully saturated rings. The zero-order chi connectivity index (χ0) is 16.7. The lowest BCUT2D eigenvalue weighted by atomic mass is 10.1. The van der Waals surface area contributed by atoms with Crippen LogP contribution in [0.5, 0.6) is 11.5 Å². The Kier molecular flexibility index (Phi) is 6.03. The van der Waals surface area contributed by atoms with Gasteiger partial charge in [0.25, 0.3) is 5.91 Å². The Morgan fingerprint density at radius 1 is 1.04 bits per heavy atom. The second-order valence-electron chi connectivity index (χ2n) is 5.21. The lowest BCUT2D eigenvalue weighted by Gasteiger charge is -2.13. The predicted octanol–water partition coefficient (Wildman–Crippen LogP) is 3.97. The van der Waals surface area contributed by atoms with Crippen LogP contribution in [0.2, 0.25) is 0 Å². The van der Waals surface area contributed by atoms with Crippen molar-refractivity contribution in [2.75, 3.05) is 18.5 Å². The molecule has 122 valence electrons. The molecule has 2 aromatic carbocycles. The van der Waals surface area contributed by atoms with Gasteiger partial charge in [0, 0.05) is 11.8 Å². The van der Waals surface area contributed by atoms with E-state index in [0.29, 0.717) is 12.4 Å². The number of carbonyl (C=O) groups is 1. The lowest BCUT2D eigenvalue weighted by molar-refractivity contribution is -0.118. The predicted molar refractivity (Wildman–Crippen MR) is 92.3 cm³/mol. The van der Waals surface area contributed by atoms with Crippen molar-refractivity contribution in [3.8, 4) is 11.5 Å². The molecule has 0 atom stereocenters. The van der Waals surface area contributed by atoms with Gasteiger partial charge in [0.2, 0.25) is 0 Å². The van der Waals surface area contributed by atoms with Gasteiger partial charge in [-0.25, -0.2) is 0 Å². The molecule has 0 aromatic heterocycles. The lowest BCUT2D eigenvalue weighted by Crippen LogP contribution is -2.21. The average Bonchev–Trinajstić information content (AvgIpc) is 2.55. The highest BCUT2D eigenvalue weighted by molar-refractivity contribution is 5.93. The van der Waals surface area contributed by atoms with Gasteiger partial charge in [0.15, 0.2) is 6.61 Å². The number of anilines is 1. The molecule has 0 radical (unpaired) electrons. The van der Waals surface area contributed by atoms with Crippen LogP contribution in [0, 0.1) is 6.92 Å². The van der Waals surface area contributed by atoms with Crippen molar-refractivity contribution in [1.82, 2.24) is 0 Å². The van der Waals surface area contributed by atoms with E-state index < -0.39 is 0 Å². The molecule has 0 saturated carbocycles. The van der Waals surface area contributed by atoms with E-state index in [-0.39, 0.29) is 12.5 Å². The Morgan fingerprint density at radius 2 is 1.74 bits per heavy atom. The van der Waals surface area contributed by atoms with Crippen molar-refractivity contribution in [2.45, 2.75) is 27.2 Å². The van der Waals surface area contributed by atoms with Crippen LogP contribution in [0.4, 0.5) is 5.69 Å². The molecule has 0 heterocycles. The van der Waals surface area contributed by atoms with Crippen molar-refractivity contribution < 1.29 is 14.3 Å². The monoisotopic (exact) mass is 313 g/mol. The molecule has 4 nitrogen and oxygen atoms in total. The van der Waals surface area contributed by atoms with Gasteiger partial charge in [-0.1, -0.05) is 31.2 Å². The first-order valence-electron chi connectivity index (χ1n) is 7.88. The van der Waals surface area contributed by atoms with E-state index in [1.165, 1.54) is 0 Å². The van der Waals surface area contributed by atoms with Crippen LogP contribution < -0.4 is 14.8 Å². The summed E-state index contributed by atoms with van der Waals surface area (Å²) in [5, 5.41) is 2.94. The molecule has 4 heteroatoms. The summed E-state index contributed by atoms with van der Waals surface area (Å²) in [5.74, 6) is 1.18. The second kappa shape index (κ2) is 8.22. The summed E-state index contributed by atoms with van der Waals surface area (Å²) < 4.78 is 11.0. The smallest absolute Gasteiger partial charge is 0.262 e. The van der Waals surface area contributed by atoms with Gasteiger partial charge >= 0.3 is 0 Å². The van der Waals surface area contributed by atoms with E-state index >= 15 is 0 Å². The molecule has 0 aliphatic rings. The first-order chi connectivity index (χ1) is 11.1. The molecule has 0 aliphatic carbocycles. The Bertz CT molecular complexity index is 667. The standard InChI is InChI=1S/C19H23NO3/c1-4-15-9-6-8-14(3)19(15)20-18(21)13-23-17-11-7-10-16(12-17)22-5-2/h6-12H,4-5,13H2,1-3H3,(H,20,21). The Balaban J connectivity index is 1.97. The molecule has 2 rings (SSSR count). The number of hydrogen-bond acceptors (Lipinski definition) is 3. The minimum atomic E-state index is -0.171. The largest absolute Gasteiger partial charge is 0.494 e. The fraction of sp³-hybridized carbons (Fsp3) is 0.316. The second-order valence-corrected chi connectivity index (χ2v) is 5.21. The number of rotatable bonds is 7. The maximum absolute atomic E-state index is 12.1. The molecule has 1 amide bonds. The molecule has 0 aliphatic heterocycles. The van der Waals surface area contributed by atoms with E-state index in [9.17, 15) is 4.79 Å². The third-order valence-corrected chi connectivity index (χ3v) is 3.49. The van der Waals surface area contributed by atoms with E-state index in [4.69, 9.17) is 9.47 Å². The minimum Gasteiger partial charge on any atom is -0.494 e. The van der Waals surface area contributed by atoms with E-state index in [1.807, 2.05) is 44.2 Å². The number of para-hydroxylation sites is 1. The summed E-state index contributed by atoms with van der Waals surface area (Å²) in [5.41, 5.74) is 3.06. The molecule has 23 heavy (non-hydrogen) atoms. The topological polar surface area (TPSA) is 47.6 Å². The number of nitrogens with one attached hydrogen (secondary N) is 1. The summed E-state index contributed by atoms with van der Waals surface area (Å²) >= 11 is 0. The van der Waals surface area contributed by atoms with Crippen molar-refractivity contribution in [1.29, 1.82) is 0 Å². The van der Waals surface area contributed by atoms with Crippen molar-refractivity contribution in [3.05, 3.63) is 53.6 Å². The summed E-state index contributed by atoms with van der Waals surface area (Å²) in [6, 6.07) is 13.3. The first kappa shape index (κ1) is 16.9. The number of ether oxygens (including phenoxy) is 2. The van der Waals surface area contributed by atoms with Gasteiger partial charge < -0.3 is 14.8 Å². The molecule has 0 unspecified atom stereocenters. The molecule has 0 saturated heterocycles. The normalized spacial score (nSPS) is 10.2. The summed E-state index contributed by atoms with van der Waals surface area (Å²) in [4.78, 5) is 12.1. The van der Waals surface area contributed by atoms with Gasteiger partial charge in [-0.3, -0.25) is 4.79 Å². The molecule has 2 aromatic rings. The van der Waals surface area contributed by atoms with Crippen molar-refractivity contribution in [3.63, 3.8) is 0 Å². The van der Waals surface area contributed by atoms with E-state index in [2.05, 4.69) is 12.2 Å². The number of aryl methyl sites for hydroxylation is 2. The highest BCUT2D eigenvalue weighted by Crippen LogP contribution is 2.22. The van der Waals surface area contributed by atoms with Crippen molar-refractivity contribution in [2.24, 2.45) is 0 Å². The highest BCUT2D eigenvalue weighted by atomic mass is 16.5. The van der Waals surface area contributed by atoms with Crippen LogP contribution in [-0.4, -0.2) is 19.1 Å². The van der Waals surface area contributed by atoms with Gasteiger partial charge in [-0.05, 0) is 43.5 Å². The van der Waals surface area contributed by atoms with E-state index in [0.717, 1.165) is 29.0 Å². The summed E-state index contributed by atoms with van der Waals surface area (Å²) in [7, 11) is 0. The van der Waals surface area contributed by atoms with Gasteiger partial charge in [0.1, 0.15) is 11.5 Å². The number of hydrogen-bond donors (Lipinski definition) is 1.